The highest BCUT2D eigenvalue weighted by Crippen LogP contribution is 2.33. The van der Waals surface area contributed by atoms with Crippen LogP contribution >= 0.6 is 0 Å². The van der Waals surface area contributed by atoms with E-state index in [-0.39, 0.29) is 11.9 Å². The number of anilines is 3. The molecule has 0 saturated heterocycles. The molecule has 0 aliphatic carbocycles. The highest BCUT2D eigenvalue weighted by molar-refractivity contribution is 6.14. The molecule has 0 radical (unpaired) electrons. The van der Waals surface area contributed by atoms with Gasteiger partial charge >= 0.3 is 6.03 Å². The number of hydrogen-bond acceptors (Lipinski definition) is 3. The van der Waals surface area contributed by atoms with Gasteiger partial charge in [0.05, 0.1) is 23.3 Å². The first kappa shape index (κ1) is 15.0. The fraction of sp³-hybridized carbons (Fsp3) is 0.235. The van der Waals surface area contributed by atoms with Crippen molar-refractivity contribution in [1.29, 1.82) is 0 Å². The molecule has 1 aromatic heterocycles. The van der Waals surface area contributed by atoms with Crippen LogP contribution in [0.1, 0.15) is 19.8 Å². The number of nitrogens with zero attached hydrogens (tertiary/aromatic N) is 2. The van der Waals surface area contributed by atoms with Crippen molar-refractivity contribution in [2.75, 3.05) is 15.5 Å². The van der Waals surface area contributed by atoms with Gasteiger partial charge in [-0.1, -0.05) is 25.5 Å². The Morgan fingerprint density at radius 2 is 2.13 bits per heavy atom. The highest BCUT2D eigenvalue weighted by Gasteiger charge is 2.36. The van der Waals surface area contributed by atoms with Gasteiger partial charge in [0.1, 0.15) is 6.04 Å². The van der Waals surface area contributed by atoms with Crippen molar-refractivity contribution in [3.63, 3.8) is 0 Å². The number of amides is 3. The molecule has 1 aliphatic heterocycles. The third-order valence-corrected chi connectivity index (χ3v) is 3.73. The zero-order valence-electron chi connectivity index (χ0n) is 12.8. The Morgan fingerprint density at radius 1 is 1.30 bits per heavy atom. The van der Waals surface area contributed by atoms with E-state index in [1.54, 1.807) is 30.6 Å². The minimum absolute atomic E-state index is 0.160. The molecule has 6 nitrogen and oxygen atoms in total. The van der Waals surface area contributed by atoms with E-state index in [1.807, 2.05) is 25.1 Å². The molecule has 6 heteroatoms. The summed E-state index contributed by atoms with van der Waals surface area (Å²) in [5.41, 5.74) is 1.94. The van der Waals surface area contributed by atoms with Crippen LogP contribution in [0.2, 0.25) is 0 Å². The summed E-state index contributed by atoms with van der Waals surface area (Å²) in [6.45, 7) is 1.99. The lowest BCUT2D eigenvalue weighted by Crippen LogP contribution is -2.52. The van der Waals surface area contributed by atoms with Crippen molar-refractivity contribution in [3.05, 3.63) is 48.8 Å². The monoisotopic (exact) mass is 310 g/mol. The topological polar surface area (TPSA) is 74.3 Å². The number of rotatable bonds is 3. The number of carbonyl (C=O) groups is 2. The van der Waals surface area contributed by atoms with E-state index in [0.717, 1.165) is 6.42 Å². The first-order chi connectivity index (χ1) is 11.2. The smallest absolute Gasteiger partial charge is 0.322 e. The van der Waals surface area contributed by atoms with Gasteiger partial charge in [-0.3, -0.25) is 14.7 Å². The third-order valence-electron chi connectivity index (χ3n) is 3.73. The largest absolute Gasteiger partial charge is 0.327 e. The fourth-order valence-corrected chi connectivity index (χ4v) is 2.70. The summed E-state index contributed by atoms with van der Waals surface area (Å²) in [5, 5.41) is 5.68. The van der Waals surface area contributed by atoms with Gasteiger partial charge in [0, 0.05) is 6.20 Å². The number of pyridine rings is 1. The van der Waals surface area contributed by atoms with Crippen molar-refractivity contribution in [3.8, 4) is 0 Å². The van der Waals surface area contributed by atoms with Gasteiger partial charge in [0.15, 0.2) is 0 Å². The fourth-order valence-electron chi connectivity index (χ4n) is 2.70. The van der Waals surface area contributed by atoms with Gasteiger partial charge in [0.25, 0.3) is 0 Å². The first-order valence-electron chi connectivity index (χ1n) is 7.61. The molecule has 2 N–H and O–H groups in total. The van der Waals surface area contributed by atoms with Crippen molar-refractivity contribution in [1.82, 2.24) is 4.98 Å². The van der Waals surface area contributed by atoms with Crippen LogP contribution in [-0.4, -0.2) is 23.0 Å². The predicted octanol–water partition coefficient (Wildman–Crippen LogP) is 3.24. The highest BCUT2D eigenvalue weighted by atomic mass is 16.2. The molecule has 1 atom stereocenters. The Labute approximate surface area is 134 Å². The van der Waals surface area contributed by atoms with Gasteiger partial charge in [-0.05, 0) is 30.7 Å². The maximum Gasteiger partial charge on any atom is 0.327 e. The number of carbonyl (C=O) groups excluding carboxylic acids is 2. The predicted molar refractivity (Wildman–Crippen MR) is 89.5 cm³/mol. The Kier molecular flexibility index (Phi) is 4.23. The van der Waals surface area contributed by atoms with Crippen LogP contribution in [0.3, 0.4) is 0 Å². The lowest BCUT2D eigenvalue weighted by atomic mass is 10.0. The molecule has 2 aromatic rings. The SMILES string of the molecule is CCC[C@H]1C(=O)Nc2ccccc2N1C(=O)Nc1cccnc1. The number of hydrogen-bond donors (Lipinski definition) is 2. The van der Waals surface area contributed by atoms with Crippen LogP contribution in [0.5, 0.6) is 0 Å². The normalized spacial score (nSPS) is 16.5. The third kappa shape index (κ3) is 3.01. The summed E-state index contributed by atoms with van der Waals surface area (Å²) < 4.78 is 0. The Morgan fingerprint density at radius 3 is 2.87 bits per heavy atom. The number of nitrogens with one attached hydrogen (secondary N) is 2. The molecule has 0 spiro atoms. The molecule has 0 fully saturated rings. The maximum absolute atomic E-state index is 12.8. The Balaban J connectivity index is 1.95. The van der Waals surface area contributed by atoms with Crippen molar-refractivity contribution >= 4 is 29.0 Å². The summed E-state index contributed by atoms with van der Waals surface area (Å²) in [7, 11) is 0. The minimum atomic E-state index is -0.522. The maximum atomic E-state index is 12.8. The Bertz CT molecular complexity index is 718. The van der Waals surface area contributed by atoms with Crippen LogP contribution in [0, 0.1) is 0 Å². The lowest BCUT2D eigenvalue weighted by molar-refractivity contribution is -0.117. The number of benzene rings is 1. The number of para-hydroxylation sites is 2. The van der Waals surface area contributed by atoms with E-state index in [0.29, 0.717) is 23.5 Å². The number of urea groups is 1. The van der Waals surface area contributed by atoms with Crippen LogP contribution in [0.4, 0.5) is 21.9 Å². The van der Waals surface area contributed by atoms with Crippen LogP contribution in [-0.2, 0) is 4.79 Å². The van der Waals surface area contributed by atoms with Gasteiger partial charge in [-0.2, -0.15) is 0 Å². The van der Waals surface area contributed by atoms with Crippen molar-refractivity contribution in [2.24, 2.45) is 0 Å². The molecular weight excluding hydrogens is 292 g/mol. The van der Waals surface area contributed by atoms with Gasteiger partial charge in [-0.25, -0.2) is 4.79 Å². The number of fused-ring (bicyclic) bond motifs is 1. The number of aromatic nitrogens is 1. The second-order valence-corrected chi connectivity index (χ2v) is 5.35. The summed E-state index contributed by atoms with van der Waals surface area (Å²) in [6, 6.07) is 9.96. The zero-order valence-corrected chi connectivity index (χ0v) is 12.8. The lowest BCUT2D eigenvalue weighted by Gasteiger charge is -2.36. The van der Waals surface area contributed by atoms with Crippen molar-refractivity contribution < 1.29 is 9.59 Å². The zero-order chi connectivity index (χ0) is 16.2. The van der Waals surface area contributed by atoms with E-state index in [4.69, 9.17) is 0 Å². The summed E-state index contributed by atoms with van der Waals surface area (Å²) in [4.78, 5) is 30.7. The molecular formula is C17H18N4O2. The van der Waals surface area contributed by atoms with E-state index in [1.165, 1.54) is 4.90 Å². The first-order valence-corrected chi connectivity index (χ1v) is 7.61. The average Bonchev–Trinajstić information content (AvgIpc) is 2.56. The molecule has 1 aliphatic rings. The molecule has 0 unspecified atom stereocenters. The summed E-state index contributed by atoms with van der Waals surface area (Å²) in [5.74, 6) is -0.160. The molecule has 0 saturated carbocycles. The second-order valence-electron chi connectivity index (χ2n) is 5.35. The molecule has 118 valence electrons. The van der Waals surface area contributed by atoms with Crippen LogP contribution < -0.4 is 15.5 Å². The molecule has 23 heavy (non-hydrogen) atoms. The Hall–Kier alpha value is -2.89. The van der Waals surface area contributed by atoms with E-state index >= 15 is 0 Å². The van der Waals surface area contributed by atoms with Gasteiger partial charge in [0.2, 0.25) is 5.91 Å². The molecule has 3 rings (SSSR count). The summed E-state index contributed by atoms with van der Waals surface area (Å²) in [6.07, 6.45) is 4.61. The van der Waals surface area contributed by atoms with Crippen LogP contribution in [0.25, 0.3) is 0 Å². The van der Waals surface area contributed by atoms with E-state index in [2.05, 4.69) is 15.6 Å². The quantitative estimate of drug-likeness (QED) is 0.914. The van der Waals surface area contributed by atoms with Crippen LogP contribution in [0.15, 0.2) is 48.8 Å². The molecule has 0 bridgehead atoms. The molecule has 2 heterocycles. The van der Waals surface area contributed by atoms with E-state index < -0.39 is 6.04 Å². The molecule has 1 aromatic carbocycles. The standard InChI is InChI=1S/C17H18N4O2/c1-2-6-15-16(22)20-13-8-3-4-9-14(13)21(15)17(23)19-12-7-5-10-18-11-12/h3-5,7-11,15H,2,6H2,1H3,(H,19,23)(H,20,22)/t15-/m0/s1. The van der Waals surface area contributed by atoms with E-state index in [9.17, 15) is 9.59 Å². The van der Waals surface area contributed by atoms with Gasteiger partial charge < -0.3 is 10.6 Å². The molecule has 3 amide bonds. The second kappa shape index (κ2) is 6.48. The van der Waals surface area contributed by atoms with Gasteiger partial charge in [-0.15, -0.1) is 0 Å². The van der Waals surface area contributed by atoms with Crippen molar-refractivity contribution in [2.45, 2.75) is 25.8 Å². The average molecular weight is 310 g/mol. The minimum Gasteiger partial charge on any atom is -0.322 e. The summed E-state index contributed by atoms with van der Waals surface area (Å²) >= 11 is 0.